The van der Waals surface area contributed by atoms with Crippen molar-refractivity contribution in [3.63, 3.8) is 0 Å². The number of rotatable bonds is 28. The van der Waals surface area contributed by atoms with Crippen LogP contribution in [0.4, 0.5) is 0 Å². The number of hydrogen-bond acceptors (Lipinski definition) is 0. The molecule has 194 valence electrons. The third kappa shape index (κ3) is 28.0. The quantitative estimate of drug-likeness (QED) is 0.104. The van der Waals surface area contributed by atoms with Gasteiger partial charge in [-0.25, -0.2) is 0 Å². The van der Waals surface area contributed by atoms with E-state index in [9.17, 15) is 0 Å². The Labute approximate surface area is 206 Å². The zero-order valence-electron chi connectivity index (χ0n) is 23.4. The standard InChI is InChI=1S/C32H66/c1-4-6-8-10-11-12-13-14-15-16-17-18-19-20-21-22-23-24-25-27-29-31-32(3)30-28-26-9-7-5-2/h32H,4-31H2,1-3H3. The normalized spacial score (nSPS) is 12.5. The van der Waals surface area contributed by atoms with Gasteiger partial charge in [-0.2, -0.15) is 0 Å². The molecule has 0 amide bonds. The van der Waals surface area contributed by atoms with Crippen LogP contribution in [-0.2, 0) is 0 Å². The van der Waals surface area contributed by atoms with Gasteiger partial charge in [0.2, 0.25) is 0 Å². The molecule has 0 rings (SSSR count). The summed E-state index contributed by atoms with van der Waals surface area (Å²) < 4.78 is 0. The molecule has 1 unspecified atom stereocenters. The first kappa shape index (κ1) is 32.0. The van der Waals surface area contributed by atoms with E-state index in [1.807, 2.05) is 0 Å². The molecule has 0 bridgehead atoms. The van der Waals surface area contributed by atoms with Crippen molar-refractivity contribution in [2.24, 2.45) is 5.92 Å². The second kappa shape index (κ2) is 29.0. The fourth-order valence-electron chi connectivity index (χ4n) is 5.17. The summed E-state index contributed by atoms with van der Waals surface area (Å²) in [5.41, 5.74) is 0. The summed E-state index contributed by atoms with van der Waals surface area (Å²) in [6.45, 7) is 7.10. The summed E-state index contributed by atoms with van der Waals surface area (Å²) in [7, 11) is 0. The van der Waals surface area contributed by atoms with Crippen molar-refractivity contribution in [2.75, 3.05) is 0 Å². The maximum atomic E-state index is 2.48. The molecule has 0 aromatic rings. The average Bonchev–Trinajstić information content (AvgIpc) is 2.80. The van der Waals surface area contributed by atoms with Crippen molar-refractivity contribution in [3.05, 3.63) is 0 Å². The molecular weight excluding hydrogens is 384 g/mol. The van der Waals surface area contributed by atoms with Crippen LogP contribution in [0.3, 0.4) is 0 Å². The van der Waals surface area contributed by atoms with Gasteiger partial charge in [-0.15, -0.1) is 0 Å². The molecule has 0 saturated carbocycles. The van der Waals surface area contributed by atoms with Crippen LogP contribution in [0.2, 0.25) is 0 Å². The lowest BCUT2D eigenvalue weighted by Gasteiger charge is -2.11. The number of hydrogen-bond donors (Lipinski definition) is 0. The Morgan fingerprint density at radius 2 is 0.469 bits per heavy atom. The molecule has 0 saturated heterocycles. The smallest absolute Gasteiger partial charge is 0.0443 e. The molecule has 0 aromatic heterocycles. The van der Waals surface area contributed by atoms with Crippen LogP contribution in [0.1, 0.15) is 201 Å². The Balaban J connectivity index is 3.07. The zero-order chi connectivity index (χ0) is 23.4. The largest absolute Gasteiger partial charge is 0.0654 e. The van der Waals surface area contributed by atoms with E-state index in [-0.39, 0.29) is 0 Å². The summed E-state index contributed by atoms with van der Waals surface area (Å²) >= 11 is 0. The maximum absolute atomic E-state index is 2.48. The third-order valence-electron chi connectivity index (χ3n) is 7.60. The minimum atomic E-state index is 0.969. The molecule has 0 radical (unpaired) electrons. The van der Waals surface area contributed by atoms with Crippen LogP contribution >= 0.6 is 0 Å². The van der Waals surface area contributed by atoms with E-state index in [2.05, 4.69) is 20.8 Å². The summed E-state index contributed by atoms with van der Waals surface area (Å²) in [4.78, 5) is 0. The van der Waals surface area contributed by atoms with Crippen molar-refractivity contribution >= 4 is 0 Å². The SMILES string of the molecule is CCCCCCCCCCCCCCCCCCCCCCCC(C)CCCCCCC. The summed E-state index contributed by atoms with van der Waals surface area (Å²) in [5.74, 6) is 0.969. The Bertz CT molecular complexity index is 307. The molecule has 0 aliphatic carbocycles. The molecule has 1 atom stereocenters. The van der Waals surface area contributed by atoms with Crippen LogP contribution < -0.4 is 0 Å². The van der Waals surface area contributed by atoms with E-state index < -0.39 is 0 Å². The van der Waals surface area contributed by atoms with Crippen LogP contribution in [0.15, 0.2) is 0 Å². The Morgan fingerprint density at radius 1 is 0.281 bits per heavy atom. The third-order valence-corrected chi connectivity index (χ3v) is 7.60. The fourth-order valence-corrected chi connectivity index (χ4v) is 5.17. The fraction of sp³-hybridized carbons (Fsp3) is 1.00. The molecule has 0 aliphatic heterocycles. The number of unbranched alkanes of at least 4 members (excludes halogenated alkanes) is 24. The van der Waals surface area contributed by atoms with E-state index in [0.717, 1.165) is 5.92 Å². The molecular formula is C32H66. The minimum absolute atomic E-state index is 0.969. The Kier molecular flexibility index (Phi) is 29.0. The van der Waals surface area contributed by atoms with Crippen molar-refractivity contribution < 1.29 is 0 Å². The second-order valence-electron chi connectivity index (χ2n) is 11.2. The lowest BCUT2D eigenvalue weighted by molar-refractivity contribution is 0.431. The van der Waals surface area contributed by atoms with Crippen molar-refractivity contribution in [1.82, 2.24) is 0 Å². The molecule has 0 fully saturated rings. The van der Waals surface area contributed by atoms with Gasteiger partial charge in [0, 0.05) is 0 Å². The van der Waals surface area contributed by atoms with Gasteiger partial charge in [0.25, 0.3) is 0 Å². The highest BCUT2D eigenvalue weighted by Gasteiger charge is 2.02. The summed E-state index contributed by atoms with van der Waals surface area (Å²) in [6, 6.07) is 0. The van der Waals surface area contributed by atoms with E-state index in [1.54, 1.807) is 0 Å². The van der Waals surface area contributed by atoms with Gasteiger partial charge in [0.15, 0.2) is 0 Å². The van der Waals surface area contributed by atoms with Crippen molar-refractivity contribution in [1.29, 1.82) is 0 Å². The van der Waals surface area contributed by atoms with Gasteiger partial charge in [-0.3, -0.25) is 0 Å². The first-order valence-electron chi connectivity index (χ1n) is 15.8. The van der Waals surface area contributed by atoms with Crippen LogP contribution in [0.25, 0.3) is 0 Å². The predicted molar refractivity (Wildman–Crippen MR) is 150 cm³/mol. The van der Waals surface area contributed by atoms with Crippen LogP contribution in [0, 0.1) is 5.92 Å². The molecule has 0 nitrogen and oxygen atoms in total. The summed E-state index contributed by atoms with van der Waals surface area (Å²) in [6.07, 6.45) is 41.3. The van der Waals surface area contributed by atoms with E-state index >= 15 is 0 Å². The van der Waals surface area contributed by atoms with Gasteiger partial charge in [0.1, 0.15) is 0 Å². The molecule has 0 N–H and O–H groups in total. The molecule has 0 aliphatic rings. The zero-order valence-corrected chi connectivity index (χ0v) is 23.4. The Hall–Kier alpha value is 0. The highest BCUT2D eigenvalue weighted by molar-refractivity contribution is 4.56. The van der Waals surface area contributed by atoms with Crippen molar-refractivity contribution in [2.45, 2.75) is 201 Å². The van der Waals surface area contributed by atoms with Gasteiger partial charge >= 0.3 is 0 Å². The van der Waals surface area contributed by atoms with Gasteiger partial charge in [-0.1, -0.05) is 201 Å². The van der Waals surface area contributed by atoms with Gasteiger partial charge in [0.05, 0.1) is 0 Å². The molecule has 0 heterocycles. The highest BCUT2D eigenvalue weighted by Crippen LogP contribution is 2.19. The lowest BCUT2D eigenvalue weighted by Crippen LogP contribution is -1.95. The minimum Gasteiger partial charge on any atom is -0.0654 e. The molecule has 32 heavy (non-hydrogen) atoms. The van der Waals surface area contributed by atoms with E-state index in [4.69, 9.17) is 0 Å². The first-order valence-corrected chi connectivity index (χ1v) is 15.8. The van der Waals surface area contributed by atoms with E-state index in [0.29, 0.717) is 0 Å². The van der Waals surface area contributed by atoms with Crippen LogP contribution in [-0.4, -0.2) is 0 Å². The monoisotopic (exact) mass is 451 g/mol. The maximum Gasteiger partial charge on any atom is -0.0443 e. The lowest BCUT2D eigenvalue weighted by atomic mass is 9.96. The van der Waals surface area contributed by atoms with Crippen LogP contribution in [0.5, 0.6) is 0 Å². The second-order valence-corrected chi connectivity index (χ2v) is 11.2. The van der Waals surface area contributed by atoms with Gasteiger partial charge in [-0.05, 0) is 5.92 Å². The van der Waals surface area contributed by atoms with E-state index in [1.165, 1.54) is 180 Å². The van der Waals surface area contributed by atoms with Crippen molar-refractivity contribution in [3.8, 4) is 0 Å². The molecule has 0 heteroatoms. The van der Waals surface area contributed by atoms with Gasteiger partial charge < -0.3 is 0 Å². The molecule has 0 spiro atoms. The average molecular weight is 451 g/mol. The Morgan fingerprint density at radius 3 is 0.688 bits per heavy atom. The summed E-state index contributed by atoms with van der Waals surface area (Å²) in [5, 5.41) is 0. The molecule has 0 aromatic carbocycles. The highest BCUT2D eigenvalue weighted by atomic mass is 14.1. The first-order chi connectivity index (χ1) is 15.8. The predicted octanol–water partition coefficient (Wildman–Crippen LogP) is 12.6. The topological polar surface area (TPSA) is 0 Å².